The van der Waals surface area contributed by atoms with Gasteiger partial charge in [-0.25, -0.2) is 0 Å². The molecule has 0 rings (SSSR count). The summed E-state index contributed by atoms with van der Waals surface area (Å²) in [4.78, 5) is 0. The van der Waals surface area contributed by atoms with E-state index < -0.39 is 0 Å². The molecule has 0 saturated carbocycles. The molecule has 0 spiro atoms. The Labute approximate surface area is 53.3 Å². The third-order valence-electron chi connectivity index (χ3n) is 1.38. The van der Waals surface area contributed by atoms with Gasteiger partial charge in [-0.2, -0.15) is 5.92 Å². The van der Waals surface area contributed by atoms with Crippen molar-refractivity contribution in [3.05, 3.63) is 6.92 Å². The van der Waals surface area contributed by atoms with Gasteiger partial charge in [0.05, 0.1) is 0 Å². The maximum Gasteiger partial charge on any atom is -0.0493 e. The van der Waals surface area contributed by atoms with Crippen LogP contribution >= 0.6 is 0 Å². The first-order valence-electron chi connectivity index (χ1n) is 3.49. The fourth-order valence-corrected chi connectivity index (χ4v) is 0.833. The van der Waals surface area contributed by atoms with Gasteiger partial charge < -0.3 is 6.92 Å². The van der Waals surface area contributed by atoms with Crippen molar-refractivity contribution in [2.24, 2.45) is 11.8 Å². The molecular formula is C8H17-. The lowest BCUT2D eigenvalue weighted by molar-refractivity contribution is 0.463. The lowest BCUT2D eigenvalue weighted by atomic mass is 9.97. The molecule has 1 unspecified atom stereocenters. The molecule has 1 atom stereocenters. The fourth-order valence-electron chi connectivity index (χ4n) is 0.833. The fraction of sp³-hybridized carbons (Fsp3) is 0.875. The summed E-state index contributed by atoms with van der Waals surface area (Å²) >= 11 is 0. The summed E-state index contributed by atoms with van der Waals surface area (Å²) < 4.78 is 0. The van der Waals surface area contributed by atoms with E-state index in [1.165, 1.54) is 12.8 Å². The van der Waals surface area contributed by atoms with Crippen molar-refractivity contribution >= 4 is 0 Å². The Kier molecular flexibility index (Phi) is 3.94. The lowest BCUT2D eigenvalue weighted by Crippen LogP contribution is -1.97. The van der Waals surface area contributed by atoms with Gasteiger partial charge in [0.1, 0.15) is 0 Å². The summed E-state index contributed by atoms with van der Waals surface area (Å²) in [5.41, 5.74) is 0. The molecule has 0 aliphatic rings. The van der Waals surface area contributed by atoms with Crippen molar-refractivity contribution in [3.8, 4) is 0 Å². The first-order valence-corrected chi connectivity index (χ1v) is 3.49. The van der Waals surface area contributed by atoms with E-state index in [9.17, 15) is 0 Å². The highest BCUT2D eigenvalue weighted by atomic mass is 14.1. The summed E-state index contributed by atoms with van der Waals surface area (Å²) in [6.07, 6.45) is 2.49. The van der Waals surface area contributed by atoms with Gasteiger partial charge in [-0.05, 0) is 5.92 Å². The van der Waals surface area contributed by atoms with Gasteiger partial charge in [0.2, 0.25) is 0 Å². The van der Waals surface area contributed by atoms with Crippen molar-refractivity contribution in [1.82, 2.24) is 0 Å². The van der Waals surface area contributed by atoms with Gasteiger partial charge in [-0.1, -0.05) is 33.6 Å². The van der Waals surface area contributed by atoms with E-state index in [1.807, 2.05) is 0 Å². The SMILES string of the molecule is [CH2-]C(CC)CC(C)C. The van der Waals surface area contributed by atoms with Crippen LogP contribution in [0.2, 0.25) is 0 Å². The molecule has 0 aromatic heterocycles. The largest absolute Gasteiger partial charge is 0.340 e. The predicted octanol–water partition coefficient (Wildman–Crippen LogP) is 2.89. The normalized spacial score (nSPS) is 14.6. The molecule has 0 aromatic carbocycles. The molecule has 0 bridgehead atoms. The first-order chi connectivity index (χ1) is 3.66. The standard InChI is InChI=1S/C8H17/c1-5-8(4)6-7(2)3/h7-8H,4-6H2,1-3H3/q-1. The molecule has 0 aliphatic heterocycles. The molecule has 0 nitrogen and oxygen atoms in total. The van der Waals surface area contributed by atoms with Crippen LogP contribution in [0.4, 0.5) is 0 Å². The third-order valence-corrected chi connectivity index (χ3v) is 1.38. The third kappa shape index (κ3) is 4.17. The van der Waals surface area contributed by atoms with Crippen molar-refractivity contribution in [2.75, 3.05) is 0 Å². The van der Waals surface area contributed by atoms with Crippen molar-refractivity contribution in [2.45, 2.75) is 33.6 Å². The van der Waals surface area contributed by atoms with Crippen LogP contribution in [0.3, 0.4) is 0 Å². The van der Waals surface area contributed by atoms with Gasteiger partial charge in [-0.15, -0.1) is 0 Å². The molecule has 0 aliphatic carbocycles. The number of hydrogen-bond donors (Lipinski definition) is 0. The maximum absolute atomic E-state index is 4.00. The molecular weight excluding hydrogens is 96.1 g/mol. The molecule has 8 heavy (non-hydrogen) atoms. The molecule has 0 aromatic rings. The van der Waals surface area contributed by atoms with Gasteiger partial charge in [0.15, 0.2) is 0 Å². The summed E-state index contributed by atoms with van der Waals surface area (Å²) in [5, 5.41) is 0. The van der Waals surface area contributed by atoms with Crippen LogP contribution in [0.5, 0.6) is 0 Å². The zero-order valence-electron chi connectivity index (χ0n) is 6.28. The van der Waals surface area contributed by atoms with Crippen LogP contribution in [0.1, 0.15) is 33.6 Å². The van der Waals surface area contributed by atoms with Crippen LogP contribution < -0.4 is 0 Å². The average molecular weight is 113 g/mol. The summed E-state index contributed by atoms with van der Waals surface area (Å²) in [7, 11) is 0. The van der Waals surface area contributed by atoms with Crippen molar-refractivity contribution in [3.63, 3.8) is 0 Å². The molecule has 0 N–H and O–H groups in total. The molecule has 0 amide bonds. The van der Waals surface area contributed by atoms with Crippen molar-refractivity contribution in [1.29, 1.82) is 0 Å². The maximum atomic E-state index is 4.00. The zero-order chi connectivity index (χ0) is 6.57. The van der Waals surface area contributed by atoms with E-state index in [0.717, 1.165) is 5.92 Å². The van der Waals surface area contributed by atoms with E-state index in [4.69, 9.17) is 0 Å². The molecule has 0 radical (unpaired) electrons. The molecule has 0 heteroatoms. The van der Waals surface area contributed by atoms with Gasteiger partial charge in [0, 0.05) is 0 Å². The van der Waals surface area contributed by atoms with Gasteiger partial charge in [-0.3, -0.25) is 0 Å². The second-order valence-corrected chi connectivity index (χ2v) is 2.90. The minimum atomic E-state index is 0.676. The first kappa shape index (κ1) is 8.00. The Bertz CT molecular complexity index is 46.0. The minimum Gasteiger partial charge on any atom is -0.340 e. The van der Waals surface area contributed by atoms with E-state index in [0.29, 0.717) is 5.92 Å². The smallest absolute Gasteiger partial charge is 0.0493 e. The number of hydrogen-bond acceptors (Lipinski definition) is 0. The topological polar surface area (TPSA) is 0 Å². The van der Waals surface area contributed by atoms with Gasteiger partial charge in [0.25, 0.3) is 0 Å². The van der Waals surface area contributed by atoms with E-state index in [1.54, 1.807) is 0 Å². The summed E-state index contributed by atoms with van der Waals surface area (Å²) in [6.45, 7) is 10.7. The highest BCUT2D eigenvalue weighted by molar-refractivity contribution is 4.60. The Balaban J connectivity index is 3.10. The van der Waals surface area contributed by atoms with Crippen LogP contribution in [0.25, 0.3) is 0 Å². The molecule has 0 fully saturated rings. The summed E-state index contributed by atoms with van der Waals surface area (Å²) in [5.74, 6) is 1.49. The number of rotatable bonds is 3. The molecule has 0 saturated heterocycles. The lowest BCUT2D eigenvalue weighted by Gasteiger charge is -2.16. The van der Waals surface area contributed by atoms with E-state index in [-0.39, 0.29) is 0 Å². The second kappa shape index (κ2) is 3.94. The Morgan fingerprint density at radius 1 is 1.38 bits per heavy atom. The van der Waals surface area contributed by atoms with Crippen LogP contribution in [0, 0.1) is 18.8 Å². The Morgan fingerprint density at radius 3 is 2.00 bits per heavy atom. The highest BCUT2D eigenvalue weighted by Crippen LogP contribution is 2.12. The average Bonchev–Trinajstić information content (AvgIpc) is 1.65. The van der Waals surface area contributed by atoms with E-state index in [2.05, 4.69) is 27.7 Å². The van der Waals surface area contributed by atoms with Crippen LogP contribution in [-0.4, -0.2) is 0 Å². The second-order valence-electron chi connectivity index (χ2n) is 2.90. The van der Waals surface area contributed by atoms with Crippen LogP contribution in [-0.2, 0) is 0 Å². The van der Waals surface area contributed by atoms with E-state index >= 15 is 0 Å². The summed E-state index contributed by atoms with van der Waals surface area (Å²) in [6, 6.07) is 0. The van der Waals surface area contributed by atoms with Gasteiger partial charge >= 0.3 is 0 Å². The molecule has 0 heterocycles. The van der Waals surface area contributed by atoms with Crippen LogP contribution in [0.15, 0.2) is 0 Å². The zero-order valence-corrected chi connectivity index (χ0v) is 6.28. The Hall–Kier alpha value is 0. The Morgan fingerprint density at radius 2 is 1.88 bits per heavy atom. The quantitative estimate of drug-likeness (QED) is 0.494. The molecule has 50 valence electrons. The predicted molar refractivity (Wildman–Crippen MR) is 38.6 cm³/mol. The monoisotopic (exact) mass is 113 g/mol. The minimum absolute atomic E-state index is 0.676. The highest BCUT2D eigenvalue weighted by Gasteiger charge is 1.94. The van der Waals surface area contributed by atoms with Crippen molar-refractivity contribution < 1.29 is 0 Å².